The van der Waals surface area contributed by atoms with Crippen LogP contribution in [0.5, 0.6) is 5.75 Å². The molecule has 9 heteroatoms. The van der Waals surface area contributed by atoms with Gasteiger partial charge in [-0.2, -0.15) is 0 Å². The second kappa shape index (κ2) is 7.09. The topological polar surface area (TPSA) is 114 Å². The van der Waals surface area contributed by atoms with Gasteiger partial charge in [-0.25, -0.2) is 4.79 Å². The molecule has 1 aliphatic rings. The molecule has 0 aromatic heterocycles. The molecular formula is C17H16N4O5. The van der Waals surface area contributed by atoms with Crippen LogP contribution in [0.4, 0.5) is 21.9 Å². The number of nitrogens with one attached hydrogen (secondary N) is 2. The van der Waals surface area contributed by atoms with Crippen LogP contribution in [0.1, 0.15) is 10.4 Å². The second-order valence-electron chi connectivity index (χ2n) is 5.53. The van der Waals surface area contributed by atoms with Crippen molar-refractivity contribution in [3.05, 3.63) is 58.1 Å². The highest BCUT2D eigenvalue weighted by molar-refractivity contribution is 6.05. The van der Waals surface area contributed by atoms with E-state index in [9.17, 15) is 19.7 Å². The Balaban J connectivity index is 1.81. The molecule has 0 atom stereocenters. The Morgan fingerprint density at radius 2 is 2.12 bits per heavy atom. The normalized spacial score (nSPS) is 13.3. The summed E-state index contributed by atoms with van der Waals surface area (Å²) in [5.41, 5.74) is 0.966. The summed E-state index contributed by atoms with van der Waals surface area (Å²) in [6.45, 7) is 1.10. The predicted octanol–water partition coefficient (Wildman–Crippen LogP) is 2.39. The van der Waals surface area contributed by atoms with E-state index in [0.29, 0.717) is 24.5 Å². The minimum absolute atomic E-state index is 0.0774. The number of nitrogens with zero attached hydrogens (tertiary/aromatic N) is 2. The monoisotopic (exact) mass is 356 g/mol. The molecule has 2 aromatic rings. The van der Waals surface area contributed by atoms with Crippen LogP contribution in [0.2, 0.25) is 0 Å². The second-order valence-corrected chi connectivity index (χ2v) is 5.53. The van der Waals surface area contributed by atoms with Crippen molar-refractivity contribution in [2.75, 3.05) is 30.4 Å². The molecule has 3 rings (SSSR count). The summed E-state index contributed by atoms with van der Waals surface area (Å²) in [4.78, 5) is 36.2. The molecule has 3 amide bonds. The molecule has 1 heterocycles. The Labute approximate surface area is 148 Å². The number of rotatable bonds is 5. The third-order valence-corrected chi connectivity index (χ3v) is 3.91. The van der Waals surface area contributed by atoms with E-state index in [1.54, 1.807) is 29.2 Å². The summed E-state index contributed by atoms with van der Waals surface area (Å²) >= 11 is 0. The smallest absolute Gasteiger partial charge is 0.321 e. The first-order valence-electron chi connectivity index (χ1n) is 7.79. The number of benzene rings is 2. The number of hydrogen-bond acceptors (Lipinski definition) is 5. The van der Waals surface area contributed by atoms with Crippen LogP contribution in [-0.2, 0) is 0 Å². The lowest BCUT2D eigenvalue weighted by Gasteiger charge is -2.15. The molecule has 2 N–H and O–H groups in total. The molecular weight excluding hydrogens is 340 g/mol. The molecule has 2 aromatic carbocycles. The van der Waals surface area contributed by atoms with Gasteiger partial charge in [-0.15, -0.1) is 0 Å². The van der Waals surface area contributed by atoms with Crippen molar-refractivity contribution in [3.8, 4) is 5.75 Å². The predicted molar refractivity (Wildman–Crippen MR) is 94.8 cm³/mol. The molecule has 134 valence electrons. The lowest BCUT2D eigenvalue weighted by molar-refractivity contribution is -0.385. The highest BCUT2D eigenvalue weighted by Gasteiger charge is 2.22. The number of hydrogen-bond donors (Lipinski definition) is 2. The number of carbonyl (C=O) groups is 2. The first-order chi connectivity index (χ1) is 12.5. The molecule has 1 fully saturated rings. The Morgan fingerprint density at radius 1 is 1.31 bits per heavy atom. The number of nitro benzene ring substituents is 1. The van der Waals surface area contributed by atoms with Gasteiger partial charge in [-0.05, 0) is 30.3 Å². The molecule has 1 aliphatic heterocycles. The van der Waals surface area contributed by atoms with Gasteiger partial charge < -0.3 is 15.4 Å². The fourth-order valence-electron chi connectivity index (χ4n) is 2.65. The maximum absolute atomic E-state index is 12.4. The van der Waals surface area contributed by atoms with Gasteiger partial charge in [0.25, 0.3) is 5.91 Å². The van der Waals surface area contributed by atoms with E-state index in [-0.39, 0.29) is 23.0 Å². The standard InChI is InChI=1S/C17H16N4O5/c1-26-15-6-5-11(9-14(15)21(24)25)16(22)19-12-3-2-4-13(10-12)20-8-7-18-17(20)23/h2-6,9-10H,7-8H2,1H3,(H,18,23)(H,19,22). The van der Waals surface area contributed by atoms with Crippen molar-refractivity contribution in [1.82, 2.24) is 5.32 Å². The Bertz CT molecular complexity index is 883. The van der Waals surface area contributed by atoms with Gasteiger partial charge in [0.05, 0.1) is 12.0 Å². The first kappa shape index (κ1) is 17.2. The SMILES string of the molecule is COc1ccc(C(=O)Nc2cccc(N3CCNC3=O)c2)cc1[N+](=O)[O-]. The lowest BCUT2D eigenvalue weighted by Crippen LogP contribution is -2.27. The largest absolute Gasteiger partial charge is 0.490 e. The average Bonchev–Trinajstić information content (AvgIpc) is 3.07. The van der Waals surface area contributed by atoms with Crippen LogP contribution in [0.3, 0.4) is 0 Å². The molecule has 9 nitrogen and oxygen atoms in total. The van der Waals surface area contributed by atoms with Crippen molar-refractivity contribution in [2.24, 2.45) is 0 Å². The molecule has 26 heavy (non-hydrogen) atoms. The number of amides is 3. The number of anilines is 2. The van der Waals surface area contributed by atoms with Crippen LogP contribution >= 0.6 is 0 Å². The van der Waals surface area contributed by atoms with E-state index >= 15 is 0 Å². The highest BCUT2D eigenvalue weighted by Crippen LogP contribution is 2.28. The molecule has 0 bridgehead atoms. The summed E-state index contributed by atoms with van der Waals surface area (Å²) < 4.78 is 4.93. The molecule has 0 saturated carbocycles. The zero-order chi connectivity index (χ0) is 18.7. The van der Waals surface area contributed by atoms with E-state index in [4.69, 9.17) is 4.74 Å². The number of carbonyl (C=O) groups excluding carboxylic acids is 2. The zero-order valence-electron chi connectivity index (χ0n) is 13.9. The van der Waals surface area contributed by atoms with Crippen molar-refractivity contribution >= 4 is 29.0 Å². The first-order valence-corrected chi connectivity index (χ1v) is 7.79. The number of ether oxygens (including phenoxy) is 1. The van der Waals surface area contributed by atoms with Gasteiger partial charge >= 0.3 is 11.7 Å². The third kappa shape index (κ3) is 3.41. The van der Waals surface area contributed by atoms with E-state index in [1.807, 2.05) is 0 Å². The summed E-state index contributed by atoms with van der Waals surface area (Å²) in [5.74, 6) is -0.424. The van der Waals surface area contributed by atoms with Gasteiger partial charge in [0.1, 0.15) is 0 Å². The minimum Gasteiger partial charge on any atom is -0.490 e. The van der Waals surface area contributed by atoms with Crippen LogP contribution in [0.25, 0.3) is 0 Å². The van der Waals surface area contributed by atoms with Crippen molar-refractivity contribution in [1.29, 1.82) is 0 Å². The highest BCUT2D eigenvalue weighted by atomic mass is 16.6. The lowest BCUT2D eigenvalue weighted by atomic mass is 10.1. The van der Waals surface area contributed by atoms with Gasteiger partial charge in [-0.3, -0.25) is 19.8 Å². The fourth-order valence-corrected chi connectivity index (χ4v) is 2.65. The van der Waals surface area contributed by atoms with Crippen molar-refractivity contribution < 1.29 is 19.2 Å². The molecule has 0 radical (unpaired) electrons. The maximum Gasteiger partial charge on any atom is 0.321 e. The van der Waals surface area contributed by atoms with Gasteiger partial charge in [0.2, 0.25) is 0 Å². The van der Waals surface area contributed by atoms with Gasteiger partial charge in [-0.1, -0.05) is 6.07 Å². The van der Waals surface area contributed by atoms with Gasteiger partial charge in [0.15, 0.2) is 5.75 Å². The number of methoxy groups -OCH3 is 1. The van der Waals surface area contributed by atoms with E-state index in [0.717, 1.165) is 6.07 Å². The molecule has 0 unspecified atom stereocenters. The molecule has 0 spiro atoms. The van der Waals surface area contributed by atoms with Crippen LogP contribution in [-0.4, -0.2) is 37.1 Å². The summed E-state index contributed by atoms with van der Waals surface area (Å²) in [6.07, 6.45) is 0. The van der Waals surface area contributed by atoms with Crippen LogP contribution < -0.4 is 20.3 Å². The van der Waals surface area contributed by atoms with Crippen LogP contribution in [0.15, 0.2) is 42.5 Å². The zero-order valence-corrected chi connectivity index (χ0v) is 13.9. The fraction of sp³-hybridized carbons (Fsp3) is 0.176. The Hall–Kier alpha value is -3.62. The van der Waals surface area contributed by atoms with Crippen molar-refractivity contribution in [2.45, 2.75) is 0 Å². The van der Waals surface area contributed by atoms with Gasteiger partial charge in [0, 0.05) is 36.1 Å². The third-order valence-electron chi connectivity index (χ3n) is 3.91. The summed E-state index contributed by atoms with van der Waals surface area (Å²) in [5, 5.41) is 16.5. The van der Waals surface area contributed by atoms with Crippen LogP contribution in [0, 0.1) is 10.1 Å². The Morgan fingerprint density at radius 3 is 2.77 bits per heavy atom. The number of nitro groups is 1. The minimum atomic E-state index is -0.609. The van der Waals surface area contributed by atoms with E-state index in [2.05, 4.69) is 10.6 Å². The average molecular weight is 356 g/mol. The molecule has 0 aliphatic carbocycles. The summed E-state index contributed by atoms with van der Waals surface area (Å²) in [6, 6.07) is 10.6. The van der Waals surface area contributed by atoms with Crippen molar-refractivity contribution in [3.63, 3.8) is 0 Å². The maximum atomic E-state index is 12.4. The number of urea groups is 1. The van der Waals surface area contributed by atoms with E-state index < -0.39 is 10.8 Å². The quantitative estimate of drug-likeness (QED) is 0.631. The summed E-state index contributed by atoms with van der Waals surface area (Å²) in [7, 11) is 1.32. The van der Waals surface area contributed by atoms with E-state index in [1.165, 1.54) is 19.2 Å². The molecule has 1 saturated heterocycles. The Kier molecular flexibility index (Phi) is 4.70.